The monoisotopic (exact) mass is 590 g/mol. The Bertz CT molecular complexity index is 1510. The van der Waals surface area contributed by atoms with Crippen molar-refractivity contribution in [3.8, 4) is 11.5 Å². The number of ketones is 1. The van der Waals surface area contributed by atoms with Gasteiger partial charge >= 0.3 is 5.97 Å². The lowest BCUT2D eigenvalue weighted by atomic mass is 9.95. The maximum absolute atomic E-state index is 13.6. The molecule has 0 spiro atoms. The molecule has 42 heavy (non-hydrogen) atoms. The summed E-state index contributed by atoms with van der Waals surface area (Å²) in [6.45, 7) is 8.30. The van der Waals surface area contributed by atoms with Gasteiger partial charge in [0.2, 0.25) is 0 Å². The Labute approximate surface area is 249 Å². The number of carbonyl (C=O) groups is 3. The molecule has 0 fully saturated rings. The number of carbonyl (C=O) groups excluding carboxylic acids is 3. The molecule has 1 aromatic heterocycles. The second-order valence-corrected chi connectivity index (χ2v) is 10.4. The minimum Gasteiger partial charge on any atom is -0.503 e. The van der Waals surface area contributed by atoms with Crippen LogP contribution in [0.4, 0.5) is 5.13 Å². The van der Waals surface area contributed by atoms with Crippen LogP contribution in [-0.4, -0.2) is 47.6 Å². The van der Waals surface area contributed by atoms with E-state index >= 15 is 0 Å². The van der Waals surface area contributed by atoms with Crippen molar-refractivity contribution in [2.75, 3.05) is 24.7 Å². The SMILES string of the molecule is CCCCOc1ccc(C2C(C(=O)/C=C/c3ccccc3)=C(O)C(=O)N2c2nc(C)c(C(=O)OCC)s2)cc1OCC. The van der Waals surface area contributed by atoms with Crippen molar-refractivity contribution in [1.82, 2.24) is 4.98 Å². The summed E-state index contributed by atoms with van der Waals surface area (Å²) in [7, 11) is 0. The van der Waals surface area contributed by atoms with Crippen molar-refractivity contribution in [2.45, 2.75) is 46.6 Å². The predicted molar refractivity (Wildman–Crippen MR) is 161 cm³/mol. The van der Waals surface area contributed by atoms with Gasteiger partial charge in [-0.2, -0.15) is 0 Å². The summed E-state index contributed by atoms with van der Waals surface area (Å²) >= 11 is 0.961. The third-order valence-corrected chi connectivity index (χ3v) is 7.63. The fraction of sp³-hybridized carbons (Fsp3) is 0.312. The van der Waals surface area contributed by atoms with Crippen molar-refractivity contribution < 1.29 is 33.7 Å². The van der Waals surface area contributed by atoms with Gasteiger partial charge in [-0.25, -0.2) is 9.78 Å². The highest BCUT2D eigenvalue weighted by Crippen LogP contribution is 2.45. The minimum atomic E-state index is -1.05. The number of anilines is 1. The fourth-order valence-electron chi connectivity index (χ4n) is 4.48. The van der Waals surface area contributed by atoms with Crippen LogP contribution in [0.2, 0.25) is 0 Å². The number of rotatable bonds is 13. The Kier molecular flexibility index (Phi) is 10.1. The number of aliphatic hydroxyl groups excluding tert-OH is 1. The molecule has 1 atom stereocenters. The van der Waals surface area contributed by atoms with E-state index in [4.69, 9.17) is 14.2 Å². The average Bonchev–Trinajstić information content (AvgIpc) is 3.49. The van der Waals surface area contributed by atoms with Crippen molar-refractivity contribution in [3.63, 3.8) is 0 Å². The number of benzene rings is 2. The van der Waals surface area contributed by atoms with Crippen LogP contribution in [0.1, 0.15) is 66.1 Å². The molecule has 0 bridgehead atoms. The van der Waals surface area contributed by atoms with Gasteiger partial charge in [-0.3, -0.25) is 14.5 Å². The first kappa shape index (κ1) is 30.5. The molecule has 1 N–H and O–H groups in total. The van der Waals surface area contributed by atoms with Gasteiger partial charge in [-0.15, -0.1) is 0 Å². The zero-order valence-electron chi connectivity index (χ0n) is 24.1. The molecule has 1 unspecified atom stereocenters. The molecular formula is C32H34N2O7S. The van der Waals surface area contributed by atoms with Gasteiger partial charge in [-0.05, 0) is 56.5 Å². The Balaban J connectivity index is 1.81. The summed E-state index contributed by atoms with van der Waals surface area (Å²) in [6, 6.07) is 13.3. The van der Waals surface area contributed by atoms with Gasteiger partial charge < -0.3 is 19.3 Å². The minimum absolute atomic E-state index is 0.111. The van der Waals surface area contributed by atoms with Gasteiger partial charge in [0.05, 0.1) is 37.1 Å². The molecule has 10 heteroatoms. The summed E-state index contributed by atoms with van der Waals surface area (Å²) in [5.41, 5.74) is 1.55. The molecule has 1 aliphatic rings. The smallest absolute Gasteiger partial charge is 0.350 e. The lowest BCUT2D eigenvalue weighted by molar-refractivity contribution is -0.117. The van der Waals surface area contributed by atoms with Gasteiger partial charge in [0.25, 0.3) is 5.91 Å². The van der Waals surface area contributed by atoms with Crippen molar-refractivity contribution in [1.29, 1.82) is 0 Å². The Morgan fingerprint density at radius 2 is 1.81 bits per heavy atom. The Morgan fingerprint density at radius 1 is 1.05 bits per heavy atom. The number of aryl methyl sites for hydroxylation is 1. The third-order valence-electron chi connectivity index (χ3n) is 6.49. The highest BCUT2D eigenvalue weighted by atomic mass is 32.1. The van der Waals surface area contributed by atoms with Crippen LogP contribution < -0.4 is 14.4 Å². The summed E-state index contributed by atoms with van der Waals surface area (Å²) in [5.74, 6) is -1.62. The largest absolute Gasteiger partial charge is 0.503 e. The van der Waals surface area contributed by atoms with Gasteiger partial charge in [0.15, 0.2) is 28.2 Å². The number of unbranched alkanes of at least 4 members (excludes halogenated alkanes) is 1. The molecule has 0 saturated heterocycles. The molecule has 1 amide bonds. The number of nitrogens with zero attached hydrogens (tertiary/aromatic N) is 2. The molecule has 2 aromatic carbocycles. The van der Waals surface area contributed by atoms with Crippen LogP contribution in [0.25, 0.3) is 6.08 Å². The molecule has 220 valence electrons. The number of allylic oxidation sites excluding steroid dienone is 1. The van der Waals surface area contributed by atoms with Crippen molar-refractivity contribution in [3.05, 3.63) is 87.6 Å². The number of aliphatic hydroxyl groups is 1. The van der Waals surface area contributed by atoms with E-state index in [1.165, 1.54) is 11.0 Å². The van der Waals surface area contributed by atoms with Crippen LogP contribution in [0.5, 0.6) is 11.5 Å². The summed E-state index contributed by atoms with van der Waals surface area (Å²) in [6.07, 6.45) is 4.78. The molecule has 2 heterocycles. The zero-order valence-corrected chi connectivity index (χ0v) is 24.9. The molecule has 3 aromatic rings. The van der Waals surface area contributed by atoms with Crippen molar-refractivity contribution in [2.24, 2.45) is 0 Å². The standard InChI is InChI=1S/C32H34N2O7S/c1-5-8-18-41-24-17-15-22(19-25(24)39-6-2)27-26(23(35)16-14-21-12-10-9-11-13-21)28(36)30(37)34(27)32-33-20(4)29(42-32)31(38)40-7-3/h9-17,19,27,36H,5-8,18H2,1-4H3/b16-14+. The number of thiazole rings is 1. The topological polar surface area (TPSA) is 115 Å². The first-order valence-corrected chi connectivity index (χ1v) is 14.7. The molecule has 0 radical (unpaired) electrons. The van der Waals surface area contributed by atoms with Gasteiger partial charge in [0.1, 0.15) is 4.88 Å². The lowest BCUT2D eigenvalue weighted by Crippen LogP contribution is -2.31. The first-order valence-electron chi connectivity index (χ1n) is 13.9. The lowest BCUT2D eigenvalue weighted by Gasteiger charge is -2.25. The summed E-state index contributed by atoms with van der Waals surface area (Å²) < 4.78 is 16.9. The molecule has 0 aliphatic carbocycles. The van der Waals surface area contributed by atoms with E-state index in [2.05, 4.69) is 11.9 Å². The van der Waals surface area contributed by atoms with E-state index in [0.29, 0.717) is 36.0 Å². The molecule has 4 rings (SSSR count). The molecule has 9 nitrogen and oxygen atoms in total. The summed E-state index contributed by atoms with van der Waals surface area (Å²) in [4.78, 5) is 45.7. The van der Waals surface area contributed by atoms with E-state index in [1.54, 1.807) is 38.1 Å². The van der Waals surface area contributed by atoms with E-state index in [1.807, 2.05) is 37.3 Å². The van der Waals surface area contributed by atoms with E-state index < -0.39 is 29.5 Å². The predicted octanol–water partition coefficient (Wildman–Crippen LogP) is 6.39. The number of aromatic nitrogens is 1. The van der Waals surface area contributed by atoms with E-state index in [-0.39, 0.29) is 22.2 Å². The van der Waals surface area contributed by atoms with Crippen LogP contribution in [0.15, 0.2) is 65.9 Å². The number of hydrogen-bond acceptors (Lipinski definition) is 9. The van der Waals surface area contributed by atoms with Crippen LogP contribution in [-0.2, 0) is 14.3 Å². The average molecular weight is 591 g/mol. The fourth-order valence-corrected chi connectivity index (χ4v) is 5.46. The van der Waals surface area contributed by atoms with Gasteiger partial charge in [0, 0.05) is 0 Å². The number of hydrogen-bond donors (Lipinski definition) is 1. The molecular weight excluding hydrogens is 556 g/mol. The maximum atomic E-state index is 13.6. The highest BCUT2D eigenvalue weighted by Gasteiger charge is 2.45. The van der Waals surface area contributed by atoms with Gasteiger partial charge in [-0.1, -0.05) is 67.2 Å². The highest BCUT2D eigenvalue weighted by molar-refractivity contribution is 7.17. The molecule has 1 aliphatic heterocycles. The number of esters is 1. The van der Waals surface area contributed by atoms with Crippen LogP contribution in [0, 0.1) is 6.92 Å². The Hall–Kier alpha value is -4.44. The molecule has 0 saturated carbocycles. The zero-order chi connectivity index (χ0) is 30.2. The van der Waals surface area contributed by atoms with Crippen LogP contribution >= 0.6 is 11.3 Å². The number of ether oxygens (including phenoxy) is 3. The van der Waals surface area contributed by atoms with Crippen molar-refractivity contribution >= 4 is 40.2 Å². The quantitative estimate of drug-likeness (QED) is 0.138. The Morgan fingerprint density at radius 3 is 2.50 bits per heavy atom. The normalized spacial score (nSPS) is 15.0. The maximum Gasteiger partial charge on any atom is 0.350 e. The number of amides is 1. The van der Waals surface area contributed by atoms with E-state index in [0.717, 1.165) is 29.7 Å². The van der Waals surface area contributed by atoms with E-state index in [9.17, 15) is 19.5 Å². The second-order valence-electron chi connectivity index (χ2n) is 9.42. The third kappa shape index (κ3) is 6.54. The second kappa shape index (κ2) is 14.0. The first-order chi connectivity index (χ1) is 20.3. The summed E-state index contributed by atoms with van der Waals surface area (Å²) in [5, 5.41) is 11.2. The van der Waals surface area contributed by atoms with Crippen LogP contribution in [0.3, 0.4) is 0 Å².